The van der Waals surface area contributed by atoms with Crippen molar-refractivity contribution in [3.05, 3.63) is 112 Å². The van der Waals surface area contributed by atoms with Crippen molar-refractivity contribution >= 4 is 22.9 Å². The minimum Gasteiger partial charge on any atom is -0.497 e. The van der Waals surface area contributed by atoms with E-state index in [1.54, 1.807) is 36.3 Å². The summed E-state index contributed by atoms with van der Waals surface area (Å²) < 4.78 is 5.22. The van der Waals surface area contributed by atoms with Crippen molar-refractivity contribution in [2.75, 3.05) is 7.11 Å². The first-order valence-electron chi connectivity index (χ1n) is 10.3. The Hall–Kier alpha value is -4.19. The van der Waals surface area contributed by atoms with Crippen LogP contribution in [0.3, 0.4) is 0 Å². The molecule has 0 aliphatic rings. The lowest BCUT2D eigenvalue weighted by molar-refractivity contribution is -0.127. The number of nitrogens with one attached hydrogen (secondary N) is 1. The van der Waals surface area contributed by atoms with Gasteiger partial charge in [-0.1, -0.05) is 54.6 Å². The fraction of sp³-hybridized carbons (Fsp3) is 0.115. The van der Waals surface area contributed by atoms with Crippen molar-refractivity contribution in [2.45, 2.75) is 13.1 Å². The molecule has 0 spiro atoms. The first kappa shape index (κ1) is 21.1. The summed E-state index contributed by atoms with van der Waals surface area (Å²) >= 11 is 0. The van der Waals surface area contributed by atoms with Gasteiger partial charge in [0.1, 0.15) is 11.6 Å². The van der Waals surface area contributed by atoms with E-state index < -0.39 is 0 Å². The minimum atomic E-state index is -0.220. The Morgan fingerprint density at radius 1 is 0.969 bits per heavy atom. The number of nitrogens with zero attached hydrogens (tertiary/aromatic N) is 2. The van der Waals surface area contributed by atoms with Crippen molar-refractivity contribution < 1.29 is 9.53 Å². The Morgan fingerprint density at radius 2 is 1.69 bits per heavy atom. The molecule has 1 aromatic heterocycles. The van der Waals surface area contributed by atoms with Gasteiger partial charge in [0, 0.05) is 12.6 Å². The number of rotatable bonds is 7. The Bertz CT molecular complexity index is 1300. The van der Waals surface area contributed by atoms with E-state index in [2.05, 4.69) is 9.97 Å². The largest absolute Gasteiger partial charge is 0.497 e. The number of para-hydroxylation sites is 1. The molecule has 0 bridgehead atoms. The molecule has 4 rings (SSSR count). The lowest BCUT2D eigenvalue weighted by Gasteiger charge is -2.21. The van der Waals surface area contributed by atoms with Gasteiger partial charge in [-0.3, -0.25) is 9.59 Å². The van der Waals surface area contributed by atoms with Crippen LogP contribution in [0.2, 0.25) is 0 Å². The van der Waals surface area contributed by atoms with Crippen molar-refractivity contribution in [1.29, 1.82) is 0 Å². The number of aromatic nitrogens is 2. The summed E-state index contributed by atoms with van der Waals surface area (Å²) in [5.41, 5.74) is 2.25. The number of hydrogen-bond donors (Lipinski definition) is 1. The SMILES string of the molecule is COc1ccc(CN(Cc2nc3ccccc3c(=O)[nH]2)C(=O)C=Cc2ccccc2)cc1. The van der Waals surface area contributed by atoms with Crippen LogP contribution in [0.15, 0.2) is 89.7 Å². The average Bonchev–Trinajstić information content (AvgIpc) is 2.83. The topological polar surface area (TPSA) is 75.3 Å². The van der Waals surface area contributed by atoms with Gasteiger partial charge in [0.05, 0.1) is 24.6 Å². The third-order valence-electron chi connectivity index (χ3n) is 5.06. The highest BCUT2D eigenvalue weighted by Gasteiger charge is 2.15. The van der Waals surface area contributed by atoms with Crippen LogP contribution >= 0.6 is 0 Å². The molecule has 0 saturated carbocycles. The minimum absolute atomic E-state index is 0.171. The monoisotopic (exact) mass is 425 g/mol. The maximum atomic E-state index is 13.1. The number of carbonyl (C=O) groups excluding carboxylic acids is 1. The van der Waals surface area contributed by atoms with Gasteiger partial charge < -0.3 is 14.6 Å². The Morgan fingerprint density at radius 3 is 2.44 bits per heavy atom. The summed E-state index contributed by atoms with van der Waals surface area (Å²) in [4.78, 5) is 34.6. The Kier molecular flexibility index (Phi) is 6.41. The fourth-order valence-corrected chi connectivity index (χ4v) is 3.39. The van der Waals surface area contributed by atoms with Gasteiger partial charge in [0.25, 0.3) is 5.56 Å². The number of hydrogen-bond acceptors (Lipinski definition) is 4. The van der Waals surface area contributed by atoms with Gasteiger partial charge in [-0.25, -0.2) is 4.98 Å². The second-order valence-electron chi connectivity index (χ2n) is 7.32. The third-order valence-corrected chi connectivity index (χ3v) is 5.06. The lowest BCUT2D eigenvalue weighted by Crippen LogP contribution is -2.30. The van der Waals surface area contributed by atoms with Crippen LogP contribution in [-0.2, 0) is 17.9 Å². The zero-order chi connectivity index (χ0) is 22.3. The quantitative estimate of drug-likeness (QED) is 0.451. The van der Waals surface area contributed by atoms with Gasteiger partial charge in [-0.15, -0.1) is 0 Å². The molecule has 0 atom stereocenters. The van der Waals surface area contributed by atoms with E-state index in [1.807, 2.05) is 60.7 Å². The molecule has 0 fully saturated rings. The molecule has 4 aromatic rings. The number of aromatic amines is 1. The van der Waals surface area contributed by atoms with Crippen molar-refractivity contribution in [1.82, 2.24) is 14.9 Å². The van der Waals surface area contributed by atoms with Crippen LogP contribution < -0.4 is 10.3 Å². The highest BCUT2D eigenvalue weighted by molar-refractivity contribution is 5.91. The molecule has 0 saturated heterocycles. The summed E-state index contributed by atoms with van der Waals surface area (Å²) in [5.74, 6) is 1.00. The highest BCUT2D eigenvalue weighted by atomic mass is 16.5. The van der Waals surface area contributed by atoms with E-state index in [1.165, 1.54) is 6.08 Å². The summed E-state index contributed by atoms with van der Waals surface area (Å²) in [6.07, 6.45) is 3.32. The molecule has 0 aliphatic carbocycles. The average molecular weight is 425 g/mol. The fourth-order valence-electron chi connectivity index (χ4n) is 3.39. The van der Waals surface area contributed by atoms with E-state index in [-0.39, 0.29) is 18.0 Å². The highest BCUT2D eigenvalue weighted by Crippen LogP contribution is 2.15. The number of fused-ring (bicyclic) bond motifs is 1. The van der Waals surface area contributed by atoms with Crippen molar-refractivity contribution in [3.63, 3.8) is 0 Å². The normalized spacial score (nSPS) is 11.0. The predicted molar refractivity (Wildman–Crippen MR) is 125 cm³/mol. The second-order valence-corrected chi connectivity index (χ2v) is 7.32. The number of carbonyl (C=O) groups is 1. The van der Waals surface area contributed by atoms with Gasteiger partial charge in [0.15, 0.2) is 0 Å². The molecule has 1 amide bonds. The molecular weight excluding hydrogens is 402 g/mol. The molecule has 1 heterocycles. The molecule has 0 unspecified atom stereocenters. The number of methoxy groups -OCH3 is 1. The van der Waals surface area contributed by atoms with E-state index in [0.717, 1.165) is 16.9 Å². The predicted octanol–water partition coefficient (Wildman–Crippen LogP) is 4.17. The van der Waals surface area contributed by atoms with Gasteiger partial charge in [-0.2, -0.15) is 0 Å². The van der Waals surface area contributed by atoms with E-state index in [4.69, 9.17) is 4.74 Å². The molecule has 32 heavy (non-hydrogen) atoms. The van der Waals surface area contributed by atoms with Crippen LogP contribution in [0.4, 0.5) is 0 Å². The van der Waals surface area contributed by atoms with Crippen molar-refractivity contribution in [2.24, 2.45) is 0 Å². The first-order valence-corrected chi connectivity index (χ1v) is 10.3. The summed E-state index contributed by atoms with van der Waals surface area (Å²) in [7, 11) is 1.61. The number of amides is 1. The molecule has 0 aliphatic heterocycles. The number of H-pyrrole nitrogens is 1. The maximum Gasteiger partial charge on any atom is 0.258 e. The van der Waals surface area contributed by atoms with Crippen LogP contribution in [0.25, 0.3) is 17.0 Å². The lowest BCUT2D eigenvalue weighted by atomic mass is 10.2. The van der Waals surface area contributed by atoms with E-state index in [0.29, 0.717) is 23.3 Å². The van der Waals surface area contributed by atoms with Crippen LogP contribution in [0.5, 0.6) is 5.75 Å². The van der Waals surface area contributed by atoms with Crippen molar-refractivity contribution in [3.8, 4) is 5.75 Å². The Labute approximate surface area is 185 Å². The van der Waals surface area contributed by atoms with Crippen LogP contribution in [0, 0.1) is 0 Å². The van der Waals surface area contributed by atoms with Gasteiger partial charge >= 0.3 is 0 Å². The molecule has 0 radical (unpaired) electrons. The summed E-state index contributed by atoms with van der Waals surface area (Å²) in [5, 5.41) is 0.522. The van der Waals surface area contributed by atoms with Crippen LogP contribution in [-0.4, -0.2) is 27.9 Å². The van der Waals surface area contributed by atoms with Gasteiger partial charge in [-0.05, 0) is 41.5 Å². The number of benzene rings is 3. The number of ether oxygens (including phenoxy) is 1. The third kappa shape index (κ3) is 5.10. The van der Waals surface area contributed by atoms with Crippen LogP contribution in [0.1, 0.15) is 17.0 Å². The molecule has 160 valence electrons. The molecule has 6 nitrogen and oxygen atoms in total. The van der Waals surface area contributed by atoms with Gasteiger partial charge in [0.2, 0.25) is 5.91 Å². The smallest absolute Gasteiger partial charge is 0.258 e. The van der Waals surface area contributed by atoms with E-state index in [9.17, 15) is 9.59 Å². The molecular formula is C26H23N3O3. The Balaban J connectivity index is 1.62. The molecule has 3 aromatic carbocycles. The summed E-state index contributed by atoms with van der Waals surface area (Å²) in [6, 6.07) is 24.3. The van der Waals surface area contributed by atoms with E-state index >= 15 is 0 Å². The molecule has 6 heteroatoms. The molecule has 1 N–H and O–H groups in total. The standard InChI is InChI=1S/C26H23N3O3/c1-32-21-14-11-20(12-15-21)17-29(25(30)16-13-19-7-3-2-4-8-19)18-24-27-23-10-6-5-9-22(23)26(31)28-24/h2-16H,17-18H2,1H3,(H,27,28,31). The zero-order valence-electron chi connectivity index (χ0n) is 17.7. The second kappa shape index (κ2) is 9.75. The zero-order valence-corrected chi connectivity index (χ0v) is 17.7. The first-order chi connectivity index (χ1) is 15.6. The summed E-state index contributed by atoms with van der Waals surface area (Å²) in [6.45, 7) is 0.530. The maximum absolute atomic E-state index is 13.1.